The van der Waals surface area contributed by atoms with Crippen molar-refractivity contribution in [3.8, 4) is 34.3 Å². The molecular weight excluding hydrogens is 502 g/mol. The van der Waals surface area contributed by atoms with E-state index < -0.39 is 5.91 Å². The number of nitrogens with zero attached hydrogens (tertiary/aromatic N) is 2. The van der Waals surface area contributed by atoms with Crippen molar-refractivity contribution < 1.29 is 4.79 Å². The molecule has 0 spiro atoms. The molecule has 0 unspecified atom stereocenters. The Morgan fingerprint density at radius 2 is 1.49 bits per heavy atom. The van der Waals surface area contributed by atoms with Crippen LogP contribution in [0.1, 0.15) is 18.1 Å². The second kappa shape index (κ2) is 11.7. The highest BCUT2D eigenvalue weighted by molar-refractivity contribution is 6.30. The van der Waals surface area contributed by atoms with E-state index in [4.69, 9.17) is 11.6 Å². The molecule has 0 fully saturated rings. The Morgan fingerprint density at radius 3 is 2.08 bits per heavy atom. The van der Waals surface area contributed by atoms with Gasteiger partial charge >= 0.3 is 0 Å². The Balaban J connectivity index is 1.68. The summed E-state index contributed by atoms with van der Waals surface area (Å²) < 4.78 is 2.14. The van der Waals surface area contributed by atoms with Crippen molar-refractivity contribution in [3.63, 3.8) is 0 Å². The Hall–Kier alpha value is -4.85. The van der Waals surface area contributed by atoms with Crippen LogP contribution in [0.5, 0.6) is 0 Å². The first-order valence-corrected chi connectivity index (χ1v) is 13.1. The highest BCUT2D eigenvalue weighted by atomic mass is 35.5. The third kappa shape index (κ3) is 5.70. The van der Waals surface area contributed by atoms with Gasteiger partial charge in [0.15, 0.2) is 0 Å². The minimum Gasteiger partial charge on any atom is -0.321 e. The van der Waals surface area contributed by atoms with Gasteiger partial charge in [0, 0.05) is 22.0 Å². The Labute approximate surface area is 233 Å². The molecule has 1 heterocycles. The molecule has 1 aromatic heterocycles. The number of hydrogen-bond acceptors (Lipinski definition) is 2. The number of amides is 1. The Morgan fingerprint density at radius 1 is 0.872 bits per heavy atom. The quantitative estimate of drug-likeness (QED) is 0.170. The third-order valence-corrected chi connectivity index (χ3v) is 6.77. The molecule has 0 aliphatic heterocycles. The van der Waals surface area contributed by atoms with E-state index in [1.54, 1.807) is 6.08 Å². The molecule has 0 radical (unpaired) electrons. The normalized spacial score (nSPS) is 11.2. The smallest absolute Gasteiger partial charge is 0.266 e. The van der Waals surface area contributed by atoms with E-state index in [-0.39, 0.29) is 5.57 Å². The Kier molecular flexibility index (Phi) is 7.73. The summed E-state index contributed by atoms with van der Waals surface area (Å²) >= 11 is 6.22. The molecule has 4 nitrogen and oxygen atoms in total. The number of aryl methyl sites for hydroxylation is 1. The highest BCUT2D eigenvalue weighted by Crippen LogP contribution is 2.37. The van der Waals surface area contributed by atoms with Crippen LogP contribution in [0.15, 0.2) is 121 Å². The number of benzene rings is 4. The predicted molar refractivity (Wildman–Crippen MR) is 160 cm³/mol. The molecule has 190 valence electrons. The van der Waals surface area contributed by atoms with Crippen LogP contribution in [0.2, 0.25) is 5.02 Å². The number of carbonyl (C=O) groups is 1. The van der Waals surface area contributed by atoms with Gasteiger partial charge in [-0.25, -0.2) is 0 Å². The van der Waals surface area contributed by atoms with E-state index in [2.05, 4.69) is 22.9 Å². The van der Waals surface area contributed by atoms with Crippen LogP contribution < -0.4 is 5.32 Å². The minimum atomic E-state index is -0.457. The van der Waals surface area contributed by atoms with Crippen molar-refractivity contribution in [3.05, 3.63) is 137 Å². The molecule has 1 amide bonds. The van der Waals surface area contributed by atoms with Crippen LogP contribution in [0.25, 0.3) is 34.3 Å². The van der Waals surface area contributed by atoms with Crippen LogP contribution in [0.4, 0.5) is 5.69 Å². The van der Waals surface area contributed by atoms with Gasteiger partial charge in [0.2, 0.25) is 0 Å². The maximum absolute atomic E-state index is 13.2. The van der Waals surface area contributed by atoms with Gasteiger partial charge in [-0.2, -0.15) is 5.26 Å². The van der Waals surface area contributed by atoms with Crippen LogP contribution in [-0.2, 0) is 11.2 Å². The first-order chi connectivity index (χ1) is 19.1. The predicted octanol–water partition coefficient (Wildman–Crippen LogP) is 8.57. The maximum atomic E-state index is 13.2. The summed E-state index contributed by atoms with van der Waals surface area (Å²) in [7, 11) is 0. The fourth-order valence-corrected chi connectivity index (χ4v) is 4.66. The highest BCUT2D eigenvalue weighted by Gasteiger charge is 2.20. The van der Waals surface area contributed by atoms with Gasteiger partial charge < -0.3 is 9.88 Å². The lowest BCUT2D eigenvalue weighted by atomic mass is 10.0. The van der Waals surface area contributed by atoms with Gasteiger partial charge in [-0.1, -0.05) is 91.3 Å². The lowest BCUT2D eigenvalue weighted by Gasteiger charge is -2.15. The number of hydrogen-bond donors (Lipinski definition) is 1. The van der Waals surface area contributed by atoms with Crippen LogP contribution in [0, 0.1) is 11.3 Å². The molecule has 0 bridgehead atoms. The van der Waals surface area contributed by atoms with Gasteiger partial charge in [-0.05, 0) is 71.7 Å². The summed E-state index contributed by atoms with van der Waals surface area (Å²) in [6.45, 7) is 2.08. The molecule has 0 aliphatic carbocycles. The first-order valence-electron chi connectivity index (χ1n) is 12.7. The lowest BCUT2D eigenvalue weighted by molar-refractivity contribution is -0.112. The van der Waals surface area contributed by atoms with E-state index >= 15 is 0 Å². The third-order valence-electron chi connectivity index (χ3n) is 6.52. The fraction of sp³-hybridized carbons (Fsp3) is 0.0588. The SMILES string of the molecule is CCc1ccc(NC(=O)C(C#N)=Cc2cc(-c3ccccc3)n(-c3ccc(Cl)cc3)c2-c2ccccc2)cc1. The molecule has 0 saturated carbocycles. The maximum Gasteiger partial charge on any atom is 0.266 e. The standard InChI is InChI=1S/C34H26ClN3O/c1-2-24-13-17-30(18-14-24)37-34(39)28(23-36)21-27-22-32(25-9-5-3-6-10-25)38(31-19-15-29(35)16-20-31)33(27)26-11-7-4-8-12-26/h3-22H,2H2,1H3,(H,37,39). The number of carbonyl (C=O) groups excluding carboxylic acids is 1. The molecule has 39 heavy (non-hydrogen) atoms. The van der Waals surface area contributed by atoms with Gasteiger partial charge in [0.05, 0.1) is 11.4 Å². The average molecular weight is 528 g/mol. The van der Waals surface area contributed by atoms with E-state index in [1.165, 1.54) is 5.56 Å². The van der Waals surface area contributed by atoms with Crippen molar-refractivity contribution in [2.24, 2.45) is 0 Å². The van der Waals surface area contributed by atoms with Crippen LogP contribution in [0.3, 0.4) is 0 Å². The number of nitriles is 1. The van der Waals surface area contributed by atoms with Crippen molar-refractivity contribution in [1.82, 2.24) is 4.57 Å². The molecule has 5 rings (SSSR count). The number of anilines is 1. The van der Waals surface area contributed by atoms with Gasteiger partial charge in [-0.3, -0.25) is 4.79 Å². The van der Waals surface area contributed by atoms with Crippen molar-refractivity contribution in [2.45, 2.75) is 13.3 Å². The van der Waals surface area contributed by atoms with Crippen LogP contribution in [-0.4, -0.2) is 10.5 Å². The monoisotopic (exact) mass is 527 g/mol. The molecule has 0 aliphatic rings. The van der Waals surface area contributed by atoms with E-state index in [1.807, 2.05) is 115 Å². The van der Waals surface area contributed by atoms with E-state index in [9.17, 15) is 10.1 Å². The van der Waals surface area contributed by atoms with E-state index in [0.717, 1.165) is 40.2 Å². The van der Waals surface area contributed by atoms with Crippen molar-refractivity contribution in [2.75, 3.05) is 5.32 Å². The molecule has 0 atom stereocenters. The van der Waals surface area contributed by atoms with Gasteiger partial charge in [0.25, 0.3) is 5.91 Å². The zero-order valence-electron chi connectivity index (χ0n) is 21.4. The van der Waals surface area contributed by atoms with Crippen molar-refractivity contribution in [1.29, 1.82) is 5.26 Å². The van der Waals surface area contributed by atoms with Crippen LogP contribution >= 0.6 is 11.6 Å². The van der Waals surface area contributed by atoms with Gasteiger partial charge in [0.1, 0.15) is 11.6 Å². The Bertz CT molecular complexity index is 1660. The summed E-state index contributed by atoms with van der Waals surface area (Å²) in [5, 5.41) is 13.5. The largest absolute Gasteiger partial charge is 0.321 e. The zero-order chi connectivity index (χ0) is 27.2. The molecule has 5 aromatic rings. The topological polar surface area (TPSA) is 57.8 Å². The molecule has 4 aromatic carbocycles. The fourth-order valence-electron chi connectivity index (χ4n) is 4.54. The lowest BCUT2D eigenvalue weighted by Crippen LogP contribution is -2.13. The van der Waals surface area contributed by atoms with Crippen molar-refractivity contribution >= 4 is 29.3 Å². The summed E-state index contributed by atoms with van der Waals surface area (Å²) in [6, 6.07) is 39.4. The summed E-state index contributed by atoms with van der Waals surface area (Å²) in [6.07, 6.45) is 2.57. The minimum absolute atomic E-state index is 0.0135. The second-order valence-electron chi connectivity index (χ2n) is 9.05. The average Bonchev–Trinajstić information content (AvgIpc) is 3.36. The number of halogens is 1. The second-order valence-corrected chi connectivity index (χ2v) is 9.49. The molecule has 0 saturated heterocycles. The molecule has 5 heteroatoms. The van der Waals surface area contributed by atoms with Gasteiger partial charge in [-0.15, -0.1) is 0 Å². The molecule has 1 N–H and O–H groups in total. The molecular formula is C34H26ClN3O. The number of aromatic nitrogens is 1. The number of nitrogens with one attached hydrogen (secondary N) is 1. The zero-order valence-corrected chi connectivity index (χ0v) is 22.2. The van der Waals surface area contributed by atoms with E-state index in [0.29, 0.717) is 10.7 Å². The summed E-state index contributed by atoms with van der Waals surface area (Å²) in [5.41, 5.74) is 7.25. The summed E-state index contributed by atoms with van der Waals surface area (Å²) in [4.78, 5) is 13.2. The first kappa shape index (κ1) is 25.8. The number of rotatable bonds is 7. The summed E-state index contributed by atoms with van der Waals surface area (Å²) in [5.74, 6) is -0.457.